The van der Waals surface area contributed by atoms with Crippen LogP contribution in [0.5, 0.6) is 0 Å². The highest BCUT2D eigenvalue weighted by atomic mass is 16.6. The van der Waals surface area contributed by atoms with E-state index in [9.17, 15) is 4.79 Å². The maximum atomic E-state index is 11.9. The summed E-state index contributed by atoms with van der Waals surface area (Å²) in [6.45, 7) is 10.2. The van der Waals surface area contributed by atoms with Gasteiger partial charge >= 0.3 is 5.97 Å². The van der Waals surface area contributed by atoms with Crippen molar-refractivity contribution in [1.82, 2.24) is 20.4 Å². The Morgan fingerprint density at radius 2 is 2.23 bits per heavy atom. The standard InChI is InChI=1S/C18H32N6O2/c1-6-19-17(20-11-16(25)26-18(2,3)4)22-14-8-7-9-24(12-14)15-10-21-23(5)13-15/h10,13-14H,6-9,11-12H2,1-5H3,(H2,19,20,22). The van der Waals surface area contributed by atoms with Crippen molar-refractivity contribution in [2.75, 3.05) is 31.1 Å². The Balaban J connectivity index is 1.93. The van der Waals surface area contributed by atoms with Gasteiger partial charge in [-0.2, -0.15) is 5.10 Å². The van der Waals surface area contributed by atoms with Crippen LogP contribution in [0.4, 0.5) is 5.69 Å². The Morgan fingerprint density at radius 1 is 1.46 bits per heavy atom. The zero-order valence-corrected chi connectivity index (χ0v) is 16.6. The predicted octanol–water partition coefficient (Wildman–Crippen LogP) is 1.29. The number of ether oxygens (including phenoxy) is 1. The van der Waals surface area contributed by atoms with E-state index in [4.69, 9.17) is 4.74 Å². The van der Waals surface area contributed by atoms with Crippen LogP contribution < -0.4 is 15.5 Å². The molecule has 2 rings (SSSR count). The van der Waals surface area contributed by atoms with Crippen LogP contribution in [-0.2, 0) is 16.6 Å². The number of hydrogen-bond donors (Lipinski definition) is 2. The third-order valence-electron chi connectivity index (χ3n) is 3.95. The molecule has 8 heteroatoms. The fourth-order valence-electron chi connectivity index (χ4n) is 2.93. The average Bonchev–Trinajstić information content (AvgIpc) is 2.98. The van der Waals surface area contributed by atoms with Crippen molar-refractivity contribution in [2.24, 2.45) is 12.0 Å². The number of nitrogens with one attached hydrogen (secondary N) is 2. The summed E-state index contributed by atoms with van der Waals surface area (Å²) < 4.78 is 7.13. The van der Waals surface area contributed by atoms with Crippen LogP contribution in [0.2, 0.25) is 0 Å². The van der Waals surface area contributed by atoms with Gasteiger partial charge < -0.3 is 20.3 Å². The predicted molar refractivity (Wildman–Crippen MR) is 103 cm³/mol. The van der Waals surface area contributed by atoms with E-state index in [0.29, 0.717) is 5.96 Å². The number of piperidine rings is 1. The Morgan fingerprint density at radius 3 is 2.85 bits per heavy atom. The molecule has 1 unspecified atom stereocenters. The van der Waals surface area contributed by atoms with Gasteiger partial charge in [0.05, 0.1) is 11.9 Å². The molecule has 0 spiro atoms. The summed E-state index contributed by atoms with van der Waals surface area (Å²) in [6, 6.07) is 0.264. The molecule has 0 amide bonds. The number of aryl methyl sites for hydroxylation is 1. The molecule has 0 saturated carbocycles. The summed E-state index contributed by atoms with van der Waals surface area (Å²) in [6.07, 6.45) is 6.08. The molecule has 26 heavy (non-hydrogen) atoms. The molecule has 8 nitrogen and oxygen atoms in total. The Labute approximate surface area is 156 Å². The van der Waals surface area contributed by atoms with Crippen molar-refractivity contribution in [2.45, 2.75) is 52.2 Å². The molecule has 1 aliphatic heterocycles. The van der Waals surface area contributed by atoms with Crippen LogP contribution in [0, 0.1) is 0 Å². The van der Waals surface area contributed by atoms with Crippen LogP contribution in [-0.4, -0.2) is 59.5 Å². The van der Waals surface area contributed by atoms with Gasteiger partial charge in [0.2, 0.25) is 0 Å². The number of guanidine groups is 1. The van der Waals surface area contributed by atoms with Gasteiger partial charge in [0, 0.05) is 38.9 Å². The van der Waals surface area contributed by atoms with E-state index in [0.717, 1.165) is 38.2 Å². The lowest BCUT2D eigenvalue weighted by atomic mass is 10.1. The first-order valence-corrected chi connectivity index (χ1v) is 9.27. The molecule has 146 valence electrons. The van der Waals surface area contributed by atoms with Crippen LogP contribution in [0.25, 0.3) is 0 Å². The molecule has 1 aromatic rings. The van der Waals surface area contributed by atoms with Crippen LogP contribution in [0.1, 0.15) is 40.5 Å². The van der Waals surface area contributed by atoms with Gasteiger partial charge in [0.25, 0.3) is 0 Å². The minimum atomic E-state index is -0.494. The van der Waals surface area contributed by atoms with Gasteiger partial charge in [-0.05, 0) is 40.5 Å². The van der Waals surface area contributed by atoms with Crippen molar-refractivity contribution in [3.8, 4) is 0 Å². The number of rotatable bonds is 5. The number of carbonyl (C=O) groups is 1. The molecule has 1 fully saturated rings. The lowest BCUT2D eigenvalue weighted by Gasteiger charge is -2.34. The molecule has 0 bridgehead atoms. The lowest BCUT2D eigenvalue weighted by Crippen LogP contribution is -2.51. The van der Waals surface area contributed by atoms with E-state index in [-0.39, 0.29) is 18.6 Å². The Hall–Kier alpha value is -2.25. The van der Waals surface area contributed by atoms with E-state index in [2.05, 4.69) is 25.6 Å². The summed E-state index contributed by atoms with van der Waals surface area (Å²) in [7, 11) is 1.93. The molecule has 2 heterocycles. The minimum Gasteiger partial charge on any atom is -0.459 e. The van der Waals surface area contributed by atoms with Crippen LogP contribution in [0.3, 0.4) is 0 Å². The Bertz CT molecular complexity index is 619. The van der Waals surface area contributed by atoms with Gasteiger partial charge in [0.15, 0.2) is 5.96 Å². The average molecular weight is 364 g/mol. The first kappa shape index (κ1) is 20.1. The number of aromatic nitrogens is 2. The molecular formula is C18H32N6O2. The van der Waals surface area contributed by atoms with E-state index < -0.39 is 5.60 Å². The molecule has 1 aromatic heterocycles. The van der Waals surface area contributed by atoms with Gasteiger partial charge in [-0.25, -0.2) is 4.99 Å². The van der Waals surface area contributed by atoms with Crippen molar-refractivity contribution in [3.05, 3.63) is 12.4 Å². The summed E-state index contributed by atoms with van der Waals surface area (Å²) in [4.78, 5) is 18.6. The molecule has 0 aromatic carbocycles. The van der Waals surface area contributed by atoms with E-state index in [1.165, 1.54) is 0 Å². The minimum absolute atomic E-state index is 0.00560. The number of aliphatic imine (C=N–C) groups is 1. The molecule has 1 aliphatic rings. The Kier molecular flexibility index (Phi) is 6.88. The molecule has 1 atom stereocenters. The largest absolute Gasteiger partial charge is 0.459 e. The van der Waals surface area contributed by atoms with E-state index in [1.807, 2.05) is 51.8 Å². The quantitative estimate of drug-likeness (QED) is 0.465. The topological polar surface area (TPSA) is 83.8 Å². The number of nitrogens with zero attached hydrogens (tertiary/aromatic N) is 4. The van der Waals surface area contributed by atoms with Crippen LogP contribution in [0.15, 0.2) is 17.4 Å². The third-order valence-corrected chi connectivity index (χ3v) is 3.95. The lowest BCUT2D eigenvalue weighted by molar-refractivity contribution is -0.152. The first-order valence-electron chi connectivity index (χ1n) is 9.27. The van der Waals surface area contributed by atoms with Crippen molar-refractivity contribution < 1.29 is 9.53 Å². The highest BCUT2D eigenvalue weighted by molar-refractivity contribution is 5.83. The molecule has 2 N–H and O–H groups in total. The second-order valence-corrected chi connectivity index (χ2v) is 7.58. The first-order chi connectivity index (χ1) is 12.3. The number of anilines is 1. The van der Waals surface area contributed by atoms with E-state index in [1.54, 1.807) is 0 Å². The fraction of sp³-hybridized carbons (Fsp3) is 0.722. The van der Waals surface area contributed by atoms with Crippen molar-refractivity contribution in [3.63, 3.8) is 0 Å². The second kappa shape index (κ2) is 8.91. The second-order valence-electron chi connectivity index (χ2n) is 7.58. The maximum absolute atomic E-state index is 11.9. The van der Waals surface area contributed by atoms with Gasteiger partial charge in [-0.3, -0.25) is 9.48 Å². The highest BCUT2D eigenvalue weighted by Crippen LogP contribution is 2.18. The zero-order chi connectivity index (χ0) is 19.2. The van der Waals surface area contributed by atoms with E-state index >= 15 is 0 Å². The molecule has 0 aliphatic carbocycles. The summed E-state index contributed by atoms with van der Waals surface area (Å²) in [5.41, 5.74) is 0.640. The number of esters is 1. The smallest absolute Gasteiger partial charge is 0.328 e. The molecular weight excluding hydrogens is 332 g/mol. The van der Waals surface area contributed by atoms with Crippen LogP contribution >= 0.6 is 0 Å². The van der Waals surface area contributed by atoms with Gasteiger partial charge in [-0.1, -0.05) is 0 Å². The van der Waals surface area contributed by atoms with Crippen molar-refractivity contribution >= 4 is 17.6 Å². The number of carbonyl (C=O) groups excluding carboxylic acids is 1. The number of hydrogen-bond acceptors (Lipinski definition) is 5. The maximum Gasteiger partial charge on any atom is 0.328 e. The summed E-state index contributed by atoms with van der Waals surface area (Å²) in [5.74, 6) is 0.326. The fourth-order valence-corrected chi connectivity index (χ4v) is 2.93. The SMILES string of the molecule is CCNC(=NCC(=O)OC(C)(C)C)NC1CCCN(c2cnn(C)c2)C1. The normalized spacial score (nSPS) is 18.6. The molecule has 1 saturated heterocycles. The van der Waals surface area contributed by atoms with Crippen molar-refractivity contribution in [1.29, 1.82) is 0 Å². The highest BCUT2D eigenvalue weighted by Gasteiger charge is 2.22. The zero-order valence-electron chi connectivity index (χ0n) is 16.6. The molecule has 0 radical (unpaired) electrons. The summed E-state index contributed by atoms with van der Waals surface area (Å²) >= 11 is 0. The summed E-state index contributed by atoms with van der Waals surface area (Å²) in [5, 5.41) is 10.9. The van der Waals surface area contributed by atoms with Gasteiger partial charge in [0.1, 0.15) is 12.1 Å². The van der Waals surface area contributed by atoms with Gasteiger partial charge in [-0.15, -0.1) is 0 Å². The monoisotopic (exact) mass is 364 g/mol. The third kappa shape index (κ3) is 6.57.